The Bertz CT molecular complexity index is 1390. The van der Waals surface area contributed by atoms with E-state index in [2.05, 4.69) is 25.7 Å². The van der Waals surface area contributed by atoms with Gasteiger partial charge in [0.25, 0.3) is 5.91 Å². The highest BCUT2D eigenvalue weighted by Crippen LogP contribution is 2.51. The molecule has 3 aliphatic carbocycles. The molecule has 9 heteroatoms. The molecule has 3 aromatic rings. The van der Waals surface area contributed by atoms with Gasteiger partial charge >= 0.3 is 0 Å². The molecular weight excluding hydrogens is 495 g/mol. The molecule has 1 atom stereocenters. The van der Waals surface area contributed by atoms with Gasteiger partial charge in [-0.15, -0.1) is 0 Å². The van der Waals surface area contributed by atoms with Crippen molar-refractivity contribution in [2.45, 2.75) is 77.3 Å². The minimum Gasteiger partial charge on any atom is -0.339 e. The summed E-state index contributed by atoms with van der Waals surface area (Å²) in [5.41, 5.74) is 3.41. The van der Waals surface area contributed by atoms with Gasteiger partial charge in [0.15, 0.2) is 0 Å². The van der Waals surface area contributed by atoms with Crippen LogP contribution in [0, 0.1) is 30.6 Å². The smallest absolute Gasteiger partial charge is 0.270 e. The Balaban J connectivity index is 1.25. The predicted octanol–water partition coefficient (Wildman–Crippen LogP) is 5.42. The summed E-state index contributed by atoms with van der Waals surface area (Å²) in [5, 5.41) is 10.1. The van der Waals surface area contributed by atoms with Crippen LogP contribution in [0.15, 0.2) is 36.7 Å². The standard InChI is InChI=1S/C30H35FN6O2/c1-16(2)37-23(12-13-33-37)29(38)36-27(25(18-4-5-18)19-6-7-19)30(39)35-24-11-10-21(28(31)34-24)22-14-17(3)15-32-26(22)20-8-9-20/h10-16,18-20,25,27H,4-9H2,1-3H3,(H,36,38)(H,34,35,39)/t27-/m0/s1. The van der Waals surface area contributed by atoms with E-state index in [1.54, 1.807) is 29.1 Å². The lowest BCUT2D eigenvalue weighted by molar-refractivity contribution is -0.119. The number of nitrogens with zero attached hydrogens (tertiary/aromatic N) is 4. The number of pyridine rings is 2. The average molecular weight is 531 g/mol. The van der Waals surface area contributed by atoms with E-state index >= 15 is 4.39 Å². The summed E-state index contributed by atoms with van der Waals surface area (Å²) in [4.78, 5) is 35.7. The molecule has 0 aliphatic heterocycles. The van der Waals surface area contributed by atoms with Crippen LogP contribution in [0.1, 0.15) is 86.1 Å². The van der Waals surface area contributed by atoms with Gasteiger partial charge in [-0.25, -0.2) is 4.98 Å². The molecule has 0 bridgehead atoms. The van der Waals surface area contributed by atoms with Crippen molar-refractivity contribution in [3.05, 3.63) is 59.6 Å². The molecule has 2 N–H and O–H groups in total. The van der Waals surface area contributed by atoms with E-state index in [1.807, 2.05) is 33.0 Å². The van der Waals surface area contributed by atoms with Gasteiger partial charge in [0.1, 0.15) is 17.6 Å². The summed E-state index contributed by atoms with van der Waals surface area (Å²) < 4.78 is 17.0. The molecule has 0 radical (unpaired) electrons. The van der Waals surface area contributed by atoms with Crippen molar-refractivity contribution in [2.24, 2.45) is 17.8 Å². The quantitative estimate of drug-likeness (QED) is 0.341. The second-order valence-electron chi connectivity index (χ2n) is 11.7. The summed E-state index contributed by atoms with van der Waals surface area (Å²) in [6, 6.07) is 6.17. The Morgan fingerprint density at radius 3 is 2.36 bits per heavy atom. The van der Waals surface area contributed by atoms with Crippen LogP contribution in [-0.4, -0.2) is 37.6 Å². The Hall–Kier alpha value is -3.62. The van der Waals surface area contributed by atoms with Crippen LogP contribution in [0.2, 0.25) is 0 Å². The maximum atomic E-state index is 15.4. The maximum Gasteiger partial charge on any atom is 0.270 e. The third kappa shape index (κ3) is 5.44. The molecule has 3 fully saturated rings. The first-order valence-electron chi connectivity index (χ1n) is 14.1. The summed E-state index contributed by atoms with van der Waals surface area (Å²) in [5.74, 6) is 0.0113. The van der Waals surface area contributed by atoms with Gasteiger partial charge < -0.3 is 10.6 Å². The number of carbonyl (C=O) groups excluding carboxylic acids is 2. The Morgan fingerprint density at radius 1 is 1.03 bits per heavy atom. The lowest BCUT2D eigenvalue weighted by Crippen LogP contribution is -2.50. The molecule has 2 amide bonds. The summed E-state index contributed by atoms with van der Waals surface area (Å²) >= 11 is 0. The SMILES string of the molecule is Cc1cnc(C2CC2)c(-c2ccc(NC(=O)[C@@H](NC(=O)c3ccnn3C(C)C)C(C3CC3)C3CC3)nc2F)c1. The van der Waals surface area contributed by atoms with E-state index in [9.17, 15) is 9.59 Å². The van der Waals surface area contributed by atoms with Gasteiger partial charge in [0, 0.05) is 35.5 Å². The number of rotatable bonds is 10. The van der Waals surface area contributed by atoms with Gasteiger partial charge in [0.05, 0.1) is 5.69 Å². The molecule has 3 aromatic heterocycles. The van der Waals surface area contributed by atoms with Crippen LogP contribution in [0.5, 0.6) is 0 Å². The second kappa shape index (κ2) is 10.2. The van der Waals surface area contributed by atoms with Gasteiger partial charge in [-0.2, -0.15) is 9.49 Å². The first-order valence-corrected chi connectivity index (χ1v) is 14.1. The molecule has 0 aromatic carbocycles. The topological polar surface area (TPSA) is 102 Å². The normalized spacial score (nSPS) is 17.9. The lowest BCUT2D eigenvalue weighted by Gasteiger charge is -2.27. The monoisotopic (exact) mass is 530 g/mol. The Labute approximate surface area is 227 Å². The number of anilines is 1. The van der Waals surface area contributed by atoms with Crippen molar-refractivity contribution in [3.63, 3.8) is 0 Å². The van der Waals surface area contributed by atoms with E-state index in [0.29, 0.717) is 29.0 Å². The van der Waals surface area contributed by atoms with E-state index in [0.717, 1.165) is 55.3 Å². The number of aryl methyl sites for hydroxylation is 1. The molecule has 3 heterocycles. The van der Waals surface area contributed by atoms with Crippen LogP contribution in [0.3, 0.4) is 0 Å². The number of hydrogen-bond acceptors (Lipinski definition) is 5. The summed E-state index contributed by atoms with van der Waals surface area (Å²) in [6.07, 6.45) is 9.74. The van der Waals surface area contributed by atoms with Crippen LogP contribution in [0.25, 0.3) is 11.1 Å². The number of nitrogens with one attached hydrogen (secondary N) is 2. The van der Waals surface area contributed by atoms with E-state index in [1.165, 1.54) is 0 Å². The largest absolute Gasteiger partial charge is 0.339 e. The third-order valence-corrected chi connectivity index (χ3v) is 8.09. The highest BCUT2D eigenvalue weighted by atomic mass is 19.1. The Morgan fingerprint density at radius 2 is 1.74 bits per heavy atom. The zero-order chi connectivity index (χ0) is 27.3. The molecule has 3 aliphatic rings. The molecule has 204 valence electrons. The minimum absolute atomic E-state index is 0.00501. The van der Waals surface area contributed by atoms with Crippen LogP contribution in [0.4, 0.5) is 10.2 Å². The lowest BCUT2D eigenvalue weighted by atomic mass is 9.88. The van der Waals surface area contributed by atoms with E-state index in [-0.39, 0.29) is 29.6 Å². The van der Waals surface area contributed by atoms with Gasteiger partial charge in [-0.05, 0) is 107 Å². The molecule has 0 saturated heterocycles. The van der Waals surface area contributed by atoms with Crippen molar-refractivity contribution in [2.75, 3.05) is 5.32 Å². The van der Waals surface area contributed by atoms with E-state index < -0.39 is 12.0 Å². The molecule has 3 saturated carbocycles. The highest BCUT2D eigenvalue weighted by molar-refractivity contribution is 6.00. The minimum atomic E-state index is -0.736. The maximum absolute atomic E-state index is 15.4. The van der Waals surface area contributed by atoms with Crippen molar-refractivity contribution in [1.29, 1.82) is 0 Å². The van der Waals surface area contributed by atoms with Crippen LogP contribution in [-0.2, 0) is 4.79 Å². The number of carbonyl (C=O) groups is 2. The highest BCUT2D eigenvalue weighted by Gasteiger charge is 2.48. The molecular formula is C30H35FN6O2. The van der Waals surface area contributed by atoms with Crippen molar-refractivity contribution in [1.82, 2.24) is 25.1 Å². The van der Waals surface area contributed by atoms with Crippen LogP contribution < -0.4 is 10.6 Å². The first-order chi connectivity index (χ1) is 18.8. The molecule has 0 spiro atoms. The Kier molecular flexibility index (Phi) is 6.69. The summed E-state index contributed by atoms with van der Waals surface area (Å²) in [7, 11) is 0. The number of amides is 2. The zero-order valence-corrected chi connectivity index (χ0v) is 22.7. The van der Waals surface area contributed by atoms with E-state index in [4.69, 9.17) is 0 Å². The molecule has 0 unspecified atom stereocenters. The van der Waals surface area contributed by atoms with Gasteiger partial charge in [-0.3, -0.25) is 19.3 Å². The number of hydrogen-bond donors (Lipinski definition) is 2. The number of halogens is 1. The fourth-order valence-electron chi connectivity index (χ4n) is 5.74. The predicted molar refractivity (Wildman–Crippen MR) is 146 cm³/mol. The summed E-state index contributed by atoms with van der Waals surface area (Å²) in [6.45, 7) is 5.84. The number of aromatic nitrogens is 4. The van der Waals surface area contributed by atoms with Crippen molar-refractivity contribution < 1.29 is 14.0 Å². The second-order valence-corrected chi connectivity index (χ2v) is 11.7. The van der Waals surface area contributed by atoms with Crippen LogP contribution >= 0.6 is 0 Å². The third-order valence-electron chi connectivity index (χ3n) is 8.09. The van der Waals surface area contributed by atoms with Gasteiger partial charge in [-0.1, -0.05) is 0 Å². The zero-order valence-electron chi connectivity index (χ0n) is 22.7. The molecule has 6 rings (SSSR count). The molecule has 8 nitrogen and oxygen atoms in total. The first kappa shape index (κ1) is 25.6. The average Bonchev–Trinajstić information content (AvgIpc) is 3.75. The van der Waals surface area contributed by atoms with Gasteiger partial charge in [0.2, 0.25) is 11.9 Å². The fraction of sp³-hybridized carbons (Fsp3) is 0.500. The van der Waals surface area contributed by atoms with Crippen molar-refractivity contribution >= 4 is 17.6 Å². The fourth-order valence-corrected chi connectivity index (χ4v) is 5.74. The van der Waals surface area contributed by atoms with Crippen molar-refractivity contribution in [3.8, 4) is 11.1 Å². The molecule has 39 heavy (non-hydrogen) atoms.